The quantitative estimate of drug-likeness (QED) is 0.644. The Morgan fingerprint density at radius 2 is 1.62 bits per heavy atom. The lowest BCUT2D eigenvalue weighted by molar-refractivity contribution is 0.0697. The maximum Gasteiger partial charge on any atom is 0.338 e. The molecule has 3 rings (SSSR count). The summed E-state index contributed by atoms with van der Waals surface area (Å²) in [7, 11) is -4.16. The summed E-state index contributed by atoms with van der Waals surface area (Å²) in [6.07, 6.45) is 0. The number of carboxylic acid groups (broad SMARTS) is 1. The summed E-state index contributed by atoms with van der Waals surface area (Å²) in [6, 6.07) is 16.6. The smallest absolute Gasteiger partial charge is 0.338 e. The third-order valence-electron chi connectivity index (χ3n) is 4.51. The van der Waals surface area contributed by atoms with Gasteiger partial charge in [-0.1, -0.05) is 36.4 Å². The third-order valence-corrected chi connectivity index (χ3v) is 6.29. The Balaban J connectivity index is 2.25. The first-order valence-corrected chi connectivity index (χ1v) is 10.3. The molecule has 7 heteroatoms. The van der Waals surface area contributed by atoms with Gasteiger partial charge in [0.1, 0.15) is 5.82 Å². The number of sulfonamides is 1. The molecule has 1 N–H and O–H groups in total. The van der Waals surface area contributed by atoms with E-state index in [2.05, 4.69) is 0 Å². The summed E-state index contributed by atoms with van der Waals surface area (Å²) in [6.45, 7) is 3.34. The molecule has 3 aromatic carbocycles. The van der Waals surface area contributed by atoms with Gasteiger partial charge in [-0.3, -0.25) is 4.31 Å². The van der Waals surface area contributed by atoms with E-state index in [1.807, 2.05) is 6.07 Å². The molecule has 0 saturated carbocycles. The Morgan fingerprint density at radius 1 is 1.00 bits per heavy atom. The van der Waals surface area contributed by atoms with Gasteiger partial charge in [0.15, 0.2) is 0 Å². The first-order chi connectivity index (χ1) is 13.7. The molecule has 0 aromatic heterocycles. The average Bonchev–Trinajstić information content (AvgIpc) is 2.66. The lowest BCUT2D eigenvalue weighted by Gasteiger charge is -2.27. The Labute approximate surface area is 169 Å². The topological polar surface area (TPSA) is 74.7 Å². The van der Waals surface area contributed by atoms with Gasteiger partial charge in [0.25, 0.3) is 10.0 Å². The summed E-state index contributed by atoms with van der Waals surface area (Å²) in [5, 5.41) is 9.75. The van der Waals surface area contributed by atoms with E-state index in [-0.39, 0.29) is 22.7 Å². The summed E-state index contributed by atoms with van der Waals surface area (Å²) >= 11 is 0. The van der Waals surface area contributed by atoms with Crippen LogP contribution in [0.1, 0.15) is 27.0 Å². The maximum atomic E-state index is 13.5. The number of anilines is 1. The zero-order chi connectivity index (χ0) is 21.2. The van der Waals surface area contributed by atoms with Gasteiger partial charge in [-0.2, -0.15) is 0 Å². The highest BCUT2D eigenvalue weighted by molar-refractivity contribution is 7.92. The van der Waals surface area contributed by atoms with E-state index in [0.29, 0.717) is 11.1 Å². The molecular formula is C22H20FNO4S. The molecule has 0 aliphatic rings. The van der Waals surface area contributed by atoms with E-state index in [9.17, 15) is 22.7 Å². The Hall–Kier alpha value is -3.19. The van der Waals surface area contributed by atoms with Crippen LogP contribution in [-0.2, 0) is 16.6 Å². The summed E-state index contributed by atoms with van der Waals surface area (Å²) < 4.78 is 41.3. The van der Waals surface area contributed by atoms with E-state index in [0.717, 1.165) is 22.0 Å². The fraction of sp³-hybridized carbons (Fsp3) is 0.136. The molecule has 0 bridgehead atoms. The van der Waals surface area contributed by atoms with Crippen LogP contribution in [0.3, 0.4) is 0 Å². The maximum absolute atomic E-state index is 13.5. The highest BCUT2D eigenvalue weighted by atomic mass is 32.2. The molecule has 0 atom stereocenters. The number of halogens is 1. The number of rotatable bonds is 6. The van der Waals surface area contributed by atoms with Crippen molar-refractivity contribution in [3.8, 4) is 0 Å². The van der Waals surface area contributed by atoms with Gasteiger partial charge in [0.2, 0.25) is 0 Å². The van der Waals surface area contributed by atoms with Crippen molar-refractivity contribution >= 4 is 21.7 Å². The highest BCUT2D eigenvalue weighted by Gasteiger charge is 2.30. The molecule has 0 aliphatic carbocycles. The van der Waals surface area contributed by atoms with Crippen molar-refractivity contribution in [3.63, 3.8) is 0 Å². The van der Waals surface area contributed by atoms with Gasteiger partial charge >= 0.3 is 5.97 Å². The van der Waals surface area contributed by atoms with Gasteiger partial charge in [0, 0.05) is 0 Å². The monoisotopic (exact) mass is 413 g/mol. The summed E-state index contributed by atoms with van der Waals surface area (Å²) in [5.74, 6) is -1.78. The second-order valence-corrected chi connectivity index (χ2v) is 8.59. The zero-order valence-electron chi connectivity index (χ0n) is 16.0. The molecular weight excluding hydrogens is 393 g/mol. The first kappa shape index (κ1) is 20.5. The summed E-state index contributed by atoms with van der Waals surface area (Å²) in [5.41, 5.74) is 1.86. The molecule has 0 spiro atoms. The molecule has 150 valence electrons. The SMILES string of the molecule is Cc1cc(C)c(C(=O)O)c(N(Cc2ccccc2)S(=O)(=O)c2ccc(F)cc2)c1. The van der Waals surface area contributed by atoms with Gasteiger partial charge in [0.05, 0.1) is 22.7 Å². The van der Waals surface area contributed by atoms with Crippen molar-refractivity contribution in [2.24, 2.45) is 0 Å². The Morgan fingerprint density at radius 3 is 2.21 bits per heavy atom. The number of benzene rings is 3. The van der Waals surface area contributed by atoms with Crippen LogP contribution in [0.4, 0.5) is 10.1 Å². The number of aryl methyl sites for hydroxylation is 2. The molecule has 0 saturated heterocycles. The molecule has 0 aliphatic heterocycles. The van der Waals surface area contributed by atoms with Crippen LogP contribution < -0.4 is 4.31 Å². The molecule has 5 nitrogen and oxygen atoms in total. The van der Waals surface area contributed by atoms with Crippen LogP contribution in [0.5, 0.6) is 0 Å². The number of aromatic carboxylic acids is 1. The molecule has 3 aromatic rings. The van der Waals surface area contributed by atoms with Crippen LogP contribution in [0.25, 0.3) is 0 Å². The fourth-order valence-electron chi connectivity index (χ4n) is 3.20. The van der Waals surface area contributed by atoms with E-state index >= 15 is 0 Å². The number of nitrogens with zero attached hydrogens (tertiary/aromatic N) is 1. The van der Waals surface area contributed by atoms with Crippen molar-refractivity contribution < 1.29 is 22.7 Å². The number of carbonyl (C=O) groups is 1. The van der Waals surface area contributed by atoms with Crippen molar-refractivity contribution in [3.05, 3.63) is 94.8 Å². The van der Waals surface area contributed by atoms with E-state index < -0.39 is 21.8 Å². The number of hydrogen-bond acceptors (Lipinski definition) is 3. The lowest BCUT2D eigenvalue weighted by atomic mass is 10.0. The van der Waals surface area contributed by atoms with Crippen LogP contribution in [0.15, 0.2) is 71.6 Å². The minimum atomic E-state index is -4.16. The van der Waals surface area contributed by atoms with E-state index in [1.54, 1.807) is 50.2 Å². The Kier molecular flexibility index (Phi) is 5.70. The molecule has 0 amide bonds. The standard InChI is InChI=1S/C22H20FNO4S/c1-15-12-16(2)21(22(25)26)20(13-15)24(14-17-6-4-3-5-7-17)29(27,28)19-10-8-18(23)9-11-19/h3-13H,14H2,1-2H3,(H,25,26). The normalized spacial score (nSPS) is 11.3. The van der Waals surface area contributed by atoms with Gasteiger partial charge in [-0.15, -0.1) is 0 Å². The van der Waals surface area contributed by atoms with Crippen LogP contribution >= 0.6 is 0 Å². The fourth-order valence-corrected chi connectivity index (χ4v) is 4.66. The van der Waals surface area contributed by atoms with Gasteiger partial charge < -0.3 is 5.11 Å². The molecule has 29 heavy (non-hydrogen) atoms. The van der Waals surface area contributed by atoms with Crippen LogP contribution in [-0.4, -0.2) is 19.5 Å². The summed E-state index contributed by atoms with van der Waals surface area (Å²) in [4.78, 5) is 11.8. The molecule has 0 unspecified atom stereocenters. The van der Waals surface area contributed by atoms with Crippen LogP contribution in [0, 0.1) is 19.7 Å². The average molecular weight is 413 g/mol. The largest absolute Gasteiger partial charge is 0.478 e. The first-order valence-electron chi connectivity index (χ1n) is 8.87. The molecule has 0 radical (unpaired) electrons. The lowest BCUT2D eigenvalue weighted by Crippen LogP contribution is -2.32. The highest BCUT2D eigenvalue weighted by Crippen LogP contribution is 2.32. The second-order valence-electron chi connectivity index (χ2n) is 6.73. The minimum absolute atomic E-state index is 0.0658. The van der Waals surface area contributed by atoms with Crippen molar-refractivity contribution in [2.75, 3.05) is 4.31 Å². The van der Waals surface area contributed by atoms with Crippen molar-refractivity contribution in [1.82, 2.24) is 0 Å². The molecule has 0 fully saturated rings. The van der Waals surface area contributed by atoms with Gasteiger partial charge in [-0.25, -0.2) is 17.6 Å². The zero-order valence-corrected chi connectivity index (χ0v) is 16.8. The predicted octanol–water partition coefficient (Wildman–Crippen LogP) is 4.54. The van der Waals surface area contributed by atoms with Gasteiger partial charge in [-0.05, 0) is 60.9 Å². The minimum Gasteiger partial charge on any atom is -0.478 e. The molecule has 0 heterocycles. The second kappa shape index (κ2) is 8.05. The van der Waals surface area contributed by atoms with E-state index in [4.69, 9.17) is 0 Å². The predicted molar refractivity (Wildman–Crippen MR) is 109 cm³/mol. The van der Waals surface area contributed by atoms with Crippen molar-refractivity contribution in [2.45, 2.75) is 25.3 Å². The number of hydrogen-bond donors (Lipinski definition) is 1. The van der Waals surface area contributed by atoms with E-state index in [1.165, 1.54) is 12.1 Å². The van der Waals surface area contributed by atoms with Crippen LogP contribution in [0.2, 0.25) is 0 Å². The number of carboxylic acids is 1. The Bertz CT molecular complexity index is 1140. The van der Waals surface area contributed by atoms with Crippen molar-refractivity contribution in [1.29, 1.82) is 0 Å². The third kappa shape index (κ3) is 4.30.